The molecule has 2 atom stereocenters. The lowest BCUT2D eigenvalue weighted by atomic mass is 10.1. The number of carbonyl (C=O) groups excluding carboxylic acids is 2. The maximum atomic E-state index is 11.7. The number of amides is 2. The molecule has 0 aromatic rings. The Kier molecular flexibility index (Phi) is 3.67. The predicted octanol–water partition coefficient (Wildman–Crippen LogP) is -0.117. The maximum Gasteiger partial charge on any atom is 0.242 e. The van der Waals surface area contributed by atoms with Crippen molar-refractivity contribution in [3.05, 3.63) is 0 Å². The number of nitriles is 1. The summed E-state index contributed by atoms with van der Waals surface area (Å²) in [4.78, 5) is 24.7. The third-order valence-corrected chi connectivity index (χ3v) is 2.65. The summed E-state index contributed by atoms with van der Waals surface area (Å²) in [5, 5.41) is 11.2. The van der Waals surface area contributed by atoms with E-state index in [1.165, 1.54) is 4.90 Å². The molecule has 1 aliphatic heterocycles. The molecule has 0 radical (unpaired) electrons. The zero-order valence-electron chi connectivity index (χ0n) is 8.99. The molecule has 1 N–H and O–H groups in total. The minimum Gasteiger partial charge on any atom is -0.357 e. The van der Waals surface area contributed by atoms with E-state index in [4.69, 9.17) is 5.26 Å². The van der Waals surface area contributed by atoms with E-state index in [0.717, 1.165) is 6.42 Å². The van der Waals surface area contributed by atoms with Crippen LogP contribution >= 0.6 is 0 Å². The Morgan fingerprint density at radius 3 is 2.80 bits per heavy atom. The van der Waals surface area contributed by atoms with E-state index in [2.05, 4.69) is 5.32 Å². The molecule has 82 valence electrons. The summed E-state index contributed by atoms with van der Waals surface area (Å²) < 4.78 is 0. The monoisotopic (exact) mass is 209 g/mol. The van der Waals surface area contributed by atoms with Crippen LogP contribution in [0.25, 0.3) is 0 Å². The van der Waals surface area contributed by atoms with Gasteiger partial charge >= 0.3 is 0 Å². The van der Waals surface area contributed by atoms with Crippen LogP contribution in [0.4, 0.5) is 0 Å². The average molecular weight is 209 g/mol. The quantitative estimate of drug-likeness (QED) is 0.689. The van der Waals surface area contributed by atoms with Crippen LogP contribution in [0.1, 0.15) is 19.8 Å². The van der Waals surface area contributed by atoms with Crippen molar-refractivity contribution in [2.75, 3.05) is 13.6 Å². The molecule has 0 bridgehead atoms. The van der Waals surface area contributed by atoms with E-state index in [9.17, 15) is 9.59 Å². The molecule has 0 saturated carbocycles. The fraction of sp³-hybridized carbons (Fsp3) is 0.700. The SMILES string of the molecule is CNC(=O)C1CCCN1C(=O)C(C)C#N. The predicted molar refractivity (Wildman–Crippen MR) is 53.6 cm³/mol. The summed E-state index contributed by atoms with van der Waals surface area (Å²) in [6.45, 7) is 2.13. The molecule has 0 aromatic heterocycles. The Morgan fingerprint density at radius 1 is 1.60 bits per heavy atom. The maximum absolute atomic E-state index is 11.7. The smallest absolute Gasteiger partial charge is 0.242 e. The molecule has 1 aliphatic rings. The van der Waals surface area contributed by atoms with Gasteiger partial charge in [0.2, 0.25) is 11.8 Å². The van der Waals surface area contributed by atoms with Gasteiger partial charge in [-0.1, -0.05) is 0 Å². The molecule has 1 rings (SSSR count). The molecule has 5 heteroatoms. The average Bonchev–Trinajstić information content (AvgIpc) is 2.74. The number of hydrogen-bond donors (Lipinski definition) is 1. The second kappa shape index (κ2) is 4.78. The summed E-state index contributed by atoms with van der Waals surface area (Å²) in [7, 11) is 1.55. The molecule has 0 aliphatic carbocycles. The van der Waals surface area contributed by atoms with E-state index >= 15 is 0 Å². The zero-order chi connectivity index (χ0) is 11.4. The molecule has 15 heavy (non-hydrogen) atoms. The summed E-state index contributed by atoms with van der Waals surface area (Å²) >= 11 is 0. The van der Waals surface area contributed by atoms with Crippen molar-refractivity contribution in [1.29, 1.82) is 5.26 Å². The van der Waals surface area contributed by atoms with Crippen LogP contribution < -0.4 is 5.32 Å². The highest BCUT2D eigenvalue weighted by atomic mass is 16.2. The van der Waals surface area contributed by atoms with Crippen LogP contribution in [0, 0.1) is 17.2 Å². The highest BCUT2D eigenvalue weighted by Crippen LogP contribution is 2.19. The minimum atomic E-state index is -0.671. The van der Waals surface area contributed by atoms with Gasteiger partial charge in [-0.2, -0.15) is 5.26 Å². The van der Waals surface area contributed by atoms with E-state index in [1.54, 1.807) is 14.0 Å². The molecular formula is C10H15N3O2. The number of nitrogens with zero attached hydrogens (tertiary/aromatic N) is 2. The molecule has 2 amide bonds. The molecule has 1 heterocycles. The second-order valence-electron chi connectivity index (χ2n) is 3.65. The van der Waals surface area contributed by atoms with Crippen molar-refractivity contribution < 1.29 is 9.59 Å². The Labute approximate surface area is 89.0 Å². The van der Waals surface area contributed by atoms with Gasteiger partial charge in [0.1, 0.15) is 12.0 Å². The lowest BCUT2D eigenvalue weighted by Gasteiger charge is -2.24. The van der Waals surface area contributed by atoms with Gasteiger partial charge in [-0.05, 0) is 19.8 Å². The highest BCUT2D eigenvalue weighted by Gasteiger charge is 2.35. The van der Waals surface area contributed by atoms with Crippen molar-refractivity contribution >= 4 is 11.8 Å². The summed E-state index contributed by atoms with van der Waals surface area (Å²) in [6, 6.07) is 1.51. The number of hydrogen-bond acceptors (Lipinski definition) is 3. The number of rotatable bonds is 2. The van der Waals surface area contributed by atoms with Gasteiger partial charge in [0, 0.05) is 13.6 Å². The molecule has 1 saturated heterocycles. The first-order valence-electron chi connectivity index (χ1n) is 5.03. The minimum absolute atomic E-state index is 0.147. The summed E-state index contributed by atoms with van der Waals surface area (Å²) in [5.41, 5.74) is 0. The van der Waals surface area contributed by atoms with Gasteiger partial charge < -0.3 is 10.2 Å². The van der Waals surface area contributed by atoms with Crippen molar-refractivity contribution in [1.82, 2.24) is 10.2 Å². The molecule has 0 aromatic carbocycles. The second-order valence-corrected chi connectivity index (χ2v) is 3.65. The van der Waals surface area contributed by atoms with Gasteiger partial charge in [-0.3, -0.25) is 9.59 Å². The Bertz CT molecular complexity index is 308. The van der Waals surface area contributed by atoms with E-state index in [-0.39, 0.29) is 11.8 Å². The van der Waals surface area contributed by atoms with E-state index < -0.39 is 12.0 Å². The van der Waals surface area contributed by atoms with Gasteiger partial charge in [0.15, 0.2) is 0 Å². The fourth-order valence-electron chi connectivity index (χ4n) is 1.77. The van der Waals surface area contributed by atoms with Crippen molar-refractivity contribution in [3.8, 4) is 6.07 Å². The van der Waals surface area contributed by atoms with Crippen LogP contribution in [-0.4, -0.2) is 36.3 Å². The first kappa shape index (κ1) is 11.5. The van der Waals surface area contributed by atoms with Crippen molar-refractivity contribution in [2.45, 2.75) is 25.8 Å². The number of carbonyl (C=O) groups is 2. The van der Waals surface area contributed by atoms with Crippen LogP contribution in [0.15, 0.2) is 0 Å². The summed E-state index contributed by atoms with van der Waals surface area (Å²) in [5.74, 6) is -1.06. The standard InChI is InChI=1S/C10H15N3O2/c1-7(6-11)10(15)13-5-3-4-8(13)9(14)12-2/h7-8H,3-5H2,1-2H3,(H,12,14). The van der Waals surface area contributed by atoms with Gasteiger partial charge in [-0.15, -0.1) is 0 Å². The Balaban J connectivity index is 2.73. The van der Waals surface area contributed by atoms with Crippen LogP contribution in [0.3, 0.4) is 0 Å². The highest BCUT2D eigenvalue weighted by molar-refractivity contribution is 5.89. The molecule has 5 nitrogen and oxygen atoms in total. The van der Waals surface area contributed by atoms with Crippen LogP contribution in [0.5, 0.6) is 0 Å². The van der Waals surface area contributed by atoms with E-state index in [0.29, 0.717) is 13.0 Å². The lowest BCUT2D eigenvalue weighted by molar-refractivity contribution is -0.139. The first-order chi connectivity index (χ1) is 7.11. The van der Waals surface area contributed by atoms with Gasteiger partial charge in [0.05, 0.1) is 6.07 Å². The van der Waals surface area contributed by atoms with Crippen LogP contribution in [0.2, 0.25) is 0 Å². The Hall–Kier alpha value is -1.57. The van der Waals surface area contributed by atoms with Gasteiger partial charge in [-0.25, -0.2) is 0 Å². The topological polar surface area (TPSA) is 73.2 Å². The van der Waals surface area contributed by atoms with E-state index in [1.807, 2.05) is 6.07 Å². The van der Waals surface area contributed by atoms with Crippen molar-refractivity contribution in [2.24, 2.45) is 5.92 Å². The third-order valence-electron chi connectivity index (χ3n) is 2.65. The van der Waals surface area contributed by atoms with Crippen molar-refractivity contribution in [3.63, 3.8) is 0 Å². The number of likely N-dealkylation sites (tertiary alicyclic amines) is 1. The largest absolute Gasteiger partial charge is 0.357 e. The number of likely N-dealkylation sites (N-methyl/N-ethyl adjacent to an activating group) is 1. The molecule has 0 spiro atoms. The fourth-order valence-corrected chi connectivity index (χ4v) is 1.77. The Morgan fingerprint density at radius 2 is 2.27 bits per heavy atom. The molecule has 2 unspecified atom stereocenters. The van der Waals surface area contributed by atoms with Gasteiger partial charge in [0.25, 0.3) is 0 Å². The number of nitrogens with one attached hydrogen (secondary N) is 1. The van der Waals surface area contributed by atoms with Crippen LogP contribution in [-0.2, 0) is 9.59 Å². The molecular weight excluding hydrogens is 194 g/mol. The molecule has 1 fully saturated rings. The first-order valence-corrected chi connectivity index (χ1v) is 5.03. The third kappa shape index (κ3) is 2.27. The lowest BCUT2D eigenvalue weighted by Crippen LogP contribution is -2.46. The summed E-state index contributed by atoms with van der Waals surface area (Å²) in [6.07, 6.45) is 1.51. The zero-order valence-corrected chi connectivity index (χ0v) is 8.99. The normalized spacial score (nSPS) is 21.9.